The van der Waals surface area contributed by atoms with Gasteiger partial charge in [-0.25, -0.2) is 0 Å². The Morgan fingerprint density at radius 1 is 1.11 bits per heavy atom. The number of amides is 2. The Morgan fingerprint density at radius 3 is 2.54 bits per heavy atom. The van der Waals surface area contributed by atoms with Gasteiger partial charge < -0.3 is 9.80 Å². The third-order valence-electron chi connectivity index (χ3n) is 5.82. The number of hydrogen-bond acceptors (Lipinski definition) is 4. The van der Waals surface area contributed by atoms with E-state index >= 15 is 0 Å². The Morgan fingerprint density at radius 2 is 1.86 bits per heavy atom. The average Bonchev–Trinajstić information content (AvgIpc) is 3.25. The maximum Gasteiger partial charge on any atom is 0.223 e. The minimum atomic E-state index is 0.202. The smallest absolute Gasteiger partial charge is 0.223 e. The quantitative estimate of drug-likeness (QED) is 0.688. The van der Waals surface area contributed by atoms with Crippen molar-refractivity contribution in [2.24, 2.45) is 5.92 Å². The molecule has 3 rings (SSSR count). The van der Waals surface area contributed by atoms with E-state index in [1.54, 1.807) is 0 Å². The van der Waals surface area contributed by atoms with Gasteiger partial charge in [-0.3, -0.25) is 14.4 Å². The Hall–Kier alpha value is -1.92. The molecule has 0 aromatic heterocycles. The van der Waals surface area contributed by atoms with Crippen LogP contribution in [0.2, 0.25) is 0 Å². The van der Waals surface area contributed by atoms with Gasteiger partial charge in [-0.2, -0.15) is 5.06 Å². The topological polar surface area (TPSA) is 53.1 Å². The second-order valence-electron chi connectivity index (χ2n) is 7.96. The van der Waals surface area contributed by atoms with Crippen LogP contribution in [0.4, 0.5) is 0 Å². The number of benzene rings is 1. The van der Waals surface area contributed by atoms with Crippen molar-refractivity contribution in [3.63, 3.8) is 0 Å². The van der Waals surface area contributed by atoms with E-state index in [4.69, 9.17) is 4.84 Å². The van der Waals surface area contributed by atoms with Gasteiger partial charge in [0.2, 0.25) is 11.8 Å². The van der Waals surface area contributed by atoms with Crippen molar-refractivity contribution in [2.75, 3.05) is 39.8 Å². The van der Waals surface area contributed by atoms with E-state index in [1.807, 2.05) is 52.2 Å². The lowest BCUT2D eigenvalue weighted by Crippen LogP contribution is -2.40. The molecule has 2 saturated heterocycles. The largest absolute Gasteiger partial charge is 0.343 e. The highest BCUT2D eigenvalue weighted by atomic mass is 16.7. The SMILES string of the molecule is CN(Cc1ccccc1)C(=O)CCC1CCN(C(=O)CCN2CCCO2)CC1. The van der Waals surface area contributed by atoms with Crippen molar-refractivity contribution < 1.29 is 14.4 Å². The summed E-state index contributed by atoms with van der Waals surface area (Å²) >= 11 is 0. The van der Waals surface area contributed by atoms with Crippen molar-refractivity contribution in [1.29, 1.82) is 0 Å². The van der Waals surface area contributed by atoms with Crippen LogP contribution >= 0.6 is 0 Å². The van der Waals surface area contributed by atoms with E-state index in [-0.39, 0.29) is 11.8 Å². The summed E-state index contributed by atoms with van der Waals surface area (Å²) in [7, 11) is 1.88. The summed E-state index contributed by atoms with van der Waals surface area (Å²) in [6, 6.07) is 10.1. The molecule has 0 radical (unpaired) electrons. The molecule has 154 valence electrons. The maximum atomic E-state index is 12.4. The second kappa shape index (κ2) is 10.6. The normalized spacial score (nSPS) is 18.4. The van der Waals surface area contributed by atoms with Crippen LogP contribution < -0.4 is 0 Å². The third-order valence-corrected chi connectivity index (χ3v) is 5.82. The summed E-state index contributed by atoms with van der Waals surface area (Å²) < 4.78 is 0. The van der Waals surface area contributed by atoms with E-state index < -0.39 is 0 Å². The second-order valence-corrected chi connectivity index (χ2v) is 7.96. The highest BCUT2D eigenvalue weighted by molar-refractivity contribution is 5.76. The van der Waals surface area contributed by atoms with E-state index in [1.165, 1.54) is 0 Å². The molecule has 0 aliphatic carbocycles. The molecule has 28 heavy (non-hydrogen) atoms. The Kier molecular flexibility index (Phi) is 7.86. The number of rotatable bonds is 8. The zero-order valence-electron chi connectivity index (χ0n) is 17.0. The lowest BCUT2D eigenvalue weighted by Gasteiger charge is -2.32. The van der Waals surface area contributed by atoms with Crippen LogP contribution in [0.1, 0.15) is 44.1 Å². The first kappa shape index (κ1) is 20.8. The van der Waals surface area contributed by atoms with Gasteiger partial charge in [0.15, 0.2) is 0 Å². The molecule has 2 aliphatic rings. The van der Waals surface area contributed by atoms with Gasteiger partial charge in [-0.05, 0) is 37.2 Å². The molecular weight excluding hydrogens is 354 g/mol. The highest BCUT2D eigenvalue weighted by Gasteiger charge is 2.24. The molecule has 6 heteroatoms. The van der Waals surface area contributed by atoms with Crippen molar-refractivity contribution >= 4 is 11.8 Å². The molecule has 1 aromatic rings. The first-order chi connectivity index (χ1) is 13.6. The lowest BCUT2D eigenvalue weighted by molar-refractivity contribution is -0.140. The van der Waals surface area contributed by atoms with Gasteiger partial charge in [-0.1, -0.05) is 30.3 Å². The Balaban J connectivity index is 1.31. The van der Waals surface area contributed by atoms with Crippen LogP contribution in [0.3, 0.4) is 0 Å². The summed E-state index contributed by atoms with van der Waals surface area (Å²) in [5.74, 6) is 0.973. The fraction of sp³-hybridized carbons (Fsp3) is 0.636. The zero-order chi connectivity index (χ0) is 19.8. The minimum absolute atomic E-state index is 0.202. The first-order valence-corrected chi connectivity index (χ1v) is 10.6. The van der Waals surface area contributed by atoms with Crippen molar-refractivity contribution in [3.8, 4) is 0 Å². The number of carbonyl (C=O) groups is 2. The number of piperidine rings is 1. The first-order valence-electron chi connectivity index (χ1n) is 10.6. The molecule has 2 fully saturated rings. The predicted molar refractivity (Wildman–Crippen MR) is 108 cm³/mol. The molecule has 0 N–H and O–H groups in total. The molecule has 1 aromatic carbocycles. The number of carbonyl (C=O) groups excluding carboxylic acids is 2. The van der Waals surface area contributed by atoms with Gasteiger partial charge in [-0.15, -0.1) is 0 Å². The molecule has 2 amide bonds. The van der Waals surface area contributed by atoms with Crippen molar-refractivity contribution in [3.05, 3.63) is 35.9 Å². The molecule has 0 atom stereocenters. The Bertz CT molecular complexity index is 623. The Labute approximate surface area is 168 Å². The van der Waals surface area contributed by atoms with Gasteiger partial charge in [0.1, 0.15) is 0 Å². The van der Waals surface area contributed by atoms with E-state index in [0.29, 0.717) is 31.8 Å². The lowest BCUT2D eigenvalue weighted by atomic mass is 9.92. The molecular formula is C22H33N3O3. The van der Waals surface area contributed by atoms with E-state index in [2.05, 4.69) is 0 Å². The summed E-state index contributed by atoms with van der Waals surface area (Å²) in [6.45, 7) is 4.70. The maximum absolute atomic E-state index is 12.4. The summed E-state index contributed by atoms with van der Waals surface area (Å²) in [5.41, 5.74) is 1.16. The number of hydrogen-bond donors (Lipinski definition) is 0. The molecule has 6 nitrogen and oxygen atoms in total. The molecule has 0 bridgehead atoms. The van der Waals surface area contributed by atoms with Gasteiger partial charge in [0.25, 0.3) is 0 Å². The zero-order valence-corrected chi connectivity index (χ0v) is 17.0. The highest BCUT2D eigenvalue weighted by Crippen LogP contribution is 2.23. The van der Waals surface area contributed by atoms with Crippen LogP contribution in [-0.4, -0.2) is 66.5 Å². The molecule has 0 unspecified atom stereocenters. The number of nitrogens with zero attached hydrogens (tertiary/aromatic N) is 3. The summed E-state index contributed by atoms with van der Waals surface area (Å²) in [5, 5.41) is 1.90. The van der Waals surface area contributed by atoms with E-state index in [0.717, 1.165) is 57.5 Å². The van der Waals surface area contributed by atoms with Crippen molar-refractivity contribution in [1.82, 2.24) is 14.9 Å². The molecule has 2 heterocycles. The van der Waals surface area contributed by atoms with Gasteiger partial charge in [0, 0.05) is 52.6 Å². The fourth-order valence-electron chi connectivity index (χ4n) is 3.99. The molecule has 0 saturated carbocycles. The summed E-state index contributed by atoms with van der Waals surface area (Å²) in [4.78, 5) is 34.0. The number of likely N-dealkylation sites (tertiary alicyclic amines) is 1. The molecule has 0 spiro atoms. The molecule has 2 aliphatic heterocycles. The predicted octanol–water partition coefficient (Wildman–Crippen LogP) is 2.69. The minimum Gasteiger partial charge on any atom is -0.343 e. The van der Waals surface area contributed by atoms with Gasteiger partial charge >= 0.3 is 0 Å². The van der Waals surface area contributed by atoms with E-state index in [9.17, 15) is 9.59 Å². The van der Waals surface area contributed by atoms with Crippen LogP contribution in [-0.2, 0) is 21.0 Å². The van der Waals surface area contributed by atoms with Crippen LogP contribution in [0.25, 0.3) is 0 Å². The fourth-order valence-corrected chi connectivity index (χ4v) is 3.99. The summed E-state index contributed by atoms with van der Waals surface area (Å²) in [6.07, 6.45) is 5.10. The average molecular weight is 388 g/mol. The van der Waals surface area contributed by atoms with Crippen LogP contribution in [0.15, 0.2) is 30.3 Å². The van der Waals surface area contributed by atoms with Crippen LogP contribution in [0.5, 0.6) is 0 Å². The third kappa shape index (κ3) is 6.31. The van der Waals surface area contributed by atoms with Gasteiger partial charge in [0.05, 0.1) is 6.61 Å². The standard InChI is InChI=1S/C22H33N3O3/c1-23(18-20-6-3-2-4-7-20)21(26)9-8-19-10-14-24(15-11-19)22(27)12-16-25-13-5-17-28-25/h2-4,6-7,19H,5,8-18H2,1H3. The number of hydroxylamine groups is 2. The van der Waals surface area contributed by atoms with Crippen molar-refractivity contribution in [2.45, 2.75) is 45.1 Å². The monoisotopic (exact) mass is 387 g/mol. The van der Waals surface area contributed by atoms with Crippen LogP contribution in [0, 0.1) is 5.92 Å².